The van der Waals surface area contributed by atoms with Crippen molar-refractivity contribution in [2.45, 2.75) is 38.5 Å². The maximum atomic E-state index is 4.62. The highest BCUT2D eigenvalue weighted by Gasteiger charge is 2.20. The lowest BCUT2D eigenvalue weighted by Gasteiger charge is -2.28. The van der Waals surface area contributed by atoms with E-state index in [0.717, 1.165) is 11.8 Å². The molecule has 2 saturated heterocycles. The van der Waals surface area contributed by atoms with E-state index in [1.165, 1.54) is 51.6 Å². The van der Waals surface area contributed by atoms with Crippen LogP contribution < -0.4 is 5.32 Å². The minimum atomic E-state index is 0.955. The molecule has 0 N–H and O–H groups in total. The highest BCUT2D eigenvalue weighted by Crippen LogP contribution is 2.27. The summed E-state index contributed by atoms with van der Waals surface area (Å²) in [4.78, 5) is 0. The first kappa shape index (κ1) is 7.60. The molecule has 1 nitrogen and oxygen atoms in total. The molecule has 3 aliphatic rings. The first-order valence-electron chi connectivity index (χ1n) is 5.08. The van der Waals surface area contributed by atoms with Gasteiger partial charge in [-0.3, -0.25) is 0 Å². The molecule has 0 unspecified atom stereocenters. The van der Waals surface area contributed by atoms with Gasteiger partial charge < -0.3 is 0 Å². The smallest absolute Gasteiger partial charge is 0.0161 e. The van der Waals surface area contributed by atoms with Crippen molar-refractivity contribution in [2.75, 3.05) is 13.1 Å². The summed E-state index contributed by atoms with van der Waals surface area (Å²) in [6.07, 6.45) is 8.79. The summed E-state index contributed by atoms with van der Waals surface area (Å²) in [5.74, 6) is 1.91. The molecule has 0 aromatic carbocycles. The van der Waals surface area contributed by atoms with Crippen LogP contribution in [-0.2, 0) is 0 Å². The van der Waals surface area contributed by atoms with E-state index < -0.39 is 0 Å². The van der Waals surface area contributed by atoms with Crippen molar-refractivity contribution < 1.29 is 0 Å². The Balaban J connectivity index is 1.96. The average Bonchev–Trinajstić information content (AvgIpc) is 1.80. The third kappa shape index (κ3) is 1.96. The van der Waals surface area contributed by atoms with E-state index in [1.54, 1.807) is 0 Å². The molecule has 0 aromatic rings. The van der Waals surface area contributed by atoms with Crippen LogP contribution in [0.15, 0.2) is 0 Å². The van der Waals surface area contributed by atoms with E-state index in [-0.39, 0.29) is 0 Å². The predicted molar refractivity (Wildman–Crippen MR) is 46.6 cm³/mol. The fraction of sp³-hybridized carbons (Fsp3) is 1.00. The largest absolute Gasteiger partial charge is 0.241 e. The molecule has 2 heterocycles. The zero-order valence-corrected chi connectivity index (χ0v) is 7.26. The van der Waals surface area contributed by atoms with Gasteiger partial charge in [0.15, 0.2) is 0 Å². The van der Waals surface area contributed by atoms with Crippen molar-refractivity contribution in [3.63, 3.8) is 0 Å². The second-order valence-corrected chi connectivity index (χ2v) is 4.18. The molecular weight excluding hydrogens is 134 g/mol. The van der Waals surface area contributed by atoms with Crippen molar-refractivity contribution in [2.24, 2.45) is 11.8 Å². The number of fused-ring (bicyclic) bond motifs is 6. The maximum absolute atomic E-state index is 4.62. The predicted octanol–water partition coefficient (Wildman–Crippen LogP) is 2.19. The monoisotopic (exact) mass is 152 g/mol. The molecule has 63 valence electrons. The molecule has 1 saturated carbocycles. The lowest BCUT2D eigenvalue weighted by atomic mass is 9.83. The molecule has 0 aromatic heterocycles. The lowest BCUT2D eigenvalue weighted by molar-refractivity contribution is 0.259. The summed E-state index contributed by atoms with van der Waals surface area (Å²) >= 11 is 0. The number of hydrogen-bond acceptors (Lipinski definition) is 0. The minimum absolute atomic E-state index is 0.955. The second-order valence-electron chi connectivity index (χ2n) is 4.18. The van der Waals surface area contributed by atoms with E-state index in [9.17, 15) is 0 Å². The molecule has 11 heavy (non-hydrogen) atoms. The summed E-state index contributed by atoms with van der Waals surface area (Å²) in [6.45, 7) is 2.35. The molecule has 2 bridgehead atoms. The van der Waals surface area contributed by atoms with Crippen LogP contribution in [0, 0.1) is 11.8 Å². The standard InChI is InChI=1S/C10H18N/c1-3-9-5-2-6-10(4-1)8-11-7-9/h9-10H,1-8H2. The van der Waals surface area contributed by atoms with Gasteiger partial charge in [-0.05, 0) is 37.5 Å². The molecule has 3 fully saturated rings. The van der Waals surface area contributed by atoms with E-state index in [2.05, 4.69) is 5.32 Å². The average molecular weight is 152 g/mol. The van der Waals surface area contributed by atoms with E-state index in [1.807, 2.05) is 0 Å². The Morgan fingerprint density at radius 2 is 1.18 bits per heavy atom. The molecular formula is C10H18N. The van der Waals surface area contributed by atoms with Gasteiger partial charge in [-0.2, -0.15) is 0 Å². The number of rotatable bonds is 0. The van der Waals surface area contributed by atoms with Crippen LogP contribution in [0.4, 0.5) is 0 Å². The van der Waals surface area contributed by atoms with Crippen LogP contribution in [0.3, 0.4) is 0 Å². The van der Waals surface area contributed by atoms with Crippen LogP contribution >= 0.6 is 0 Å². The third-order valence-corrected chi connectivity index (χ3v) is 3.22. The van der Waals surface area contributed by atoms with Crippen molar-refractivity contribution in [1.29, 1.82) is 0 Å². The van der Waals surface area contributed by atoms with Gasteiger partial charge >= 0.3 is 0 Å². The van der Waals surface area contributed by atoms with Crippen molar-refractivity contribution in [1.82, 2.24) is 5.32 Å². The summed E-state index contributed by atoms with van der Waals surface area (Å²) in [7, 11) is 0. The Bertz CT molecular complexity index is 86.3. The van der Waals surface area contributed by atoms with Gasteiger partial charge in [0, 0.05) is 13.1 Å². The molecule has 1 aliphatic carbocycles. The van der Waals surface area contributed by atoms with Gasteiger partial charge in [0.05, 0.1) is 0 Å². The number of hydrogen-bond donors (Lipinski definition) is 0. The Morgan fingerprint density at radius 3 is 1.64 bits per heavy atom. The van der Waals surface area contributed by atoms with Crippen molar-refractivity contribution >= 4 is 0 Å². The molecule has 1 radical (unpaired) electrons. The summed E-state index contributed by atoms with van der Waals surface area (Å²) < 4.78 is 0. The quantitative estimate of drug-likeness (QED) is 0.505. The summed E-state index contributed by atoms with van der Waals surface area (Å²) in [5, 5.41) is 4.62. The highest BCUT2D eigenvalue weighted by molar-refractivity contribution is 4.75. The van der Waals surface area contributed by atoms with E-state index >= 15 is 0 Å². The van der Waals surface area contributed by atoms with Gasteiger partial charge in [0.2, 0.25) is 0 Å². The fourth-order valence-electron chi connectivity index (χ4n) is 2.48. The van der Waals surface area contributed by atoms with Gasteiger partial charge in [-0.25, -0.2) is 5.32 Å². The van der Waals surface area contributed by atoms with Gasteiger partial charge in [-0.1, -0.05) is 12.8 Å². The van der Waals surface area contributed by atoms with Gasteiger partial charge in [0.1, 0.15) is 0 Å². The number of nitrogens with zero attached hydrogens (tertiary/aromatic N) is 1. The zero-order chi connectivity index (χ0) is 7.52. The Labute approximate surface area is 69.6 Å². The summed E-state index contributed by atoms with van der Waals surface area (Å²) in [5.41, 5.74) is 0. The lowest BCUT2D eigenvalue weighted by Crippen LogP contribution is -2.28. The molecule has 1 heteroatoms. The maximum Gasteiger partial charge on any atom is 0.0161 e. The molecule has 0 spiro atoms. The zero-order valence-electron chi connectivity index (χ0n) is 7.26. The van der Waals surface area contributed by atoms with Gasteiger partial charge in [-0.15, -0.1) is 0 Å². The van der Waals surface area contributed by atoms with Gasteiger partial charge in [0.25, 0.3) is 0 Å². The third-order valence-electron chi connectivity index (χ3n) is 3.22. The second kappa shape index (κ2) is 3.57. The molecule has 0 amide bonds. The van der Waals surface area contributed by atoms with E-state index in [0.29, 0.717) is 0 Å². The summed E-state index contributed by atoms with van der Waals surface area (Å²) in [6, 6.07) is 0. The van der Waals surface area contributed by atoms with Crippen LogP contribution in [-0.4, -0.2) is 13.1 Å². The first-order chi connectivity index (χ1) is 5.45. The molecule has 2 aliphatic heterocycles. The Hall–Kier alpha value is -0.0400. The van der Waals surface area contributed by atoms with Crippen LogP contribution in [0.25, 0.3) is 0 Å². The van der Waals surface area contributed by atoms with Crippen molar-refractivity contribution in [3.05, 3.63) is 0 Å². The molecule has 0 atom stereocenters. The Kier molecular flexibility index (Phi) is 2.47. The van der Waals surface area contributed by atoms with Crippen LogP contribution in [0.2, 0.25) is 0 Å². The Morgan fingerprint density at radius 1 is 0.727 bits per heavy atom. The fourth-order valence-corrected chi connectivity index (χ4v) is 2.48. The van der Waals surface area contributed by atoms with Crippen LogP contribution in [0.5, 0.6) is 0 Å². The molecule has 3 rings (SSSR count). The van der Waals surface area contributed by atoms with Crippen molar-refractivity contribution in [3.8, 4) is 0 Å². The highest BCUT2D eigenvalue weighted by atomic mass is 14.9. The topological polar surface area (TPSA) is 14.1 Å². The van der Waals surface area contributed by atoms with Crippen LogP contribution in [0.1, 0.15) is 38.5 Å². The normalized spacial score (nSPS) is 39.3. The SMILES string of the molecule is C1CC2CCCC(C1)C[N]C2. The minimum Gasteiger partial charge on any atom is -0.241 e. The van der Waals surface area contributed by atoms with E-state index in [4.69, 9.17) is 0 Å². The first-order valence-corrected chi connectivity index (χ1v) is 5.08.